The van der Waals surface area contributed by atoms with Crippen molar-refractivity contribution in [1.29, 1.82) is 0 Å². The third kappa shape index (κ3) is 2.15. The van der Waals surface area contributed by atoms with Crippen molar-refractivity contribution >= 4 is 17.1 Å². The number of carboxylic acids is 1. The van der Waals surface area contributed by atoms with Gasteiger partial charge < -0.3 is 9.67 Å². The zero-order valence-electron chi connectivity index (χ0n) is 9.25. The standard InChI is InChI=1S/C11H11N3O3/c1-14-8-3-2-6-12-10(8)13-7(11(14)17)4-5-9(15)16/h2-3,6H,4-5H2,1H3,(H,15,16). The van der Waals surface area contributed by atoms with Gasteiger partial charge >= 0.3 is 5.97 Å². The number of aryl methyl sites for hydroxylation is 2. The molecular weight excluding hydrogens is 222 g/mol. The fraction of sp³-hybridized carbons (Fsp3) is 0.273. The van der Waals surface area contributed by atoms with Crippen LogP contribution in [0.5, 0.6) is 0 Å². The van der Waals surface area contributed by atoms with Gasteiger partial charge in [-0.25, -0.2) is 9.97 Å². The van der Waals surface area contributed by atoms with Gasteiger partial charge in [0.15, 0.2) is 5.65 Å². The van der Waals surface area contributed by atoms with Crippen molar-refractivity contribution in [3.63, 3.8) is 0 Å². The molecule has 0 aliphatic carbocycles. The van der Waals surface area contributed by atoms with Crippen LogP contribution in [-0.2, 0) is 18.3 Å². The molecule has 0 saturated heterocycles. The van der Waals surface area contributed by atoms with Crippen LogP contribution in [-0.4, -0.2) is 25.6 Å². The van der Waals surface area contributed by atoms with Crippen LogP contribution in [0.2, 0.25) is 0 Å². The van der Waals surface area contributed by atoms with Crippen molar-refractivity contribution in [2.24, 2.45) is 7.05 Å². The Morgan fingerprint density at radius 1 is 1.53 bits per heavy atom. The molecule has 2 heterocycles. The van der Waals surface area contributed by atoms with Gasteiger partial charge in [-0.15, -0.1) is 0 Å². The first-order valence-electron chi connectivity index (χ1n) is 5.12. The third-order valence-corrected chi connectivity index (χ3v) is 2.50. The zero-order valence-corrected chi connectivity index (χ0v) is 9.25. The van der Waals surface area contributed by atoms with E-state index in [2.05, 4.69) is 9.97 Å². The first-order chi connectivity index (χ1) is 8.09. The van der Waals surface area contributed by atoms with E-state index in [9.17, 15) is 9.59 Å². The highest BCUT2D eigenvalue weighted by atomic mass is 16.4. The van der Waals surface area contributed by atoms with Gasteiger partial charge in [0.05, 0.1) is 11.9 Å². The summed E-state index contributed by atoms with van der Waals surface area (Å²) >= 11 is 0. The summed E-state index contributed by atoms with van der Waals surface area (Å²) in [6, 6.07) is 3.47. The van der Waals surface area contributed by atoms with Crippen LogP contribution in [0.3, 0.4) is 0 Å². The molecule has 0 fully saturated rings. The van der Waals surface area contributed by atoms with E-state index in [1.807, 2.05) is 0 Å². The Kier molecular flexibility index (Phi) is 2.86. The number of rotatable bonds is 3. The van der Waals surface area contributed by atoms with Crippen molar-refractivity contribution in [3.05, 3.63) is 34.4 Å². The maximum atomic E-state index is 11.9. The second kappa shape index (κ2) is 4.32. The molecular formula is C11H11N3O3. The van der Waals surface area contributed by atoms with Crippen molar-refractivity contribution in [3.8, 4) is 0 Å². The minimum absolute atomic E-state index is 0.111. The van der Waals surface area contributed by atoms with Crippen LogP contribution < -0.4 is 5.56 Å². The van der Waals surface area contributed by atoms with Gasteiger partial charge in [0.25, 0.3) is 5.56 Å². The number of aliphatic carboxylic acids is 1. The molecule has 0 aliphatic rings. The first-order valence-corrected chi connectivity index (χ1v) is 5.12. The number of hydrogen-bond donors (Lipinski definition) is 1. The fourth-order valence-electron chi connectivity index (χ4n) is 1.60. The highest BCUT2D eigenvalue weighted by Gasteiger charge is 2.10. The summed E-state index contributed by atoms with van der Waals surface area (Å²) in [6.07, 6.45) is 1.59. The van der Waals surface area contributed by atoms with Gasteiger partial charge in [-0.1, -0.05) is 0 Å². The third-order valence-electron chi connectivity index (χ3n) is 2.50. The van der Waals surface area contributed by atoms with E-state index < -0.39 is 5.97 Å². The molecule has 0 radical (unpaired) electrons. The largest absolute Gasteiger partial charge is 0.481 e. The lowest BCUT2D eigenvalue weighted by Crippen LogP contribution is -2.24. The van der Waals surface area contributed by atoms with E-state index in [0.717, 1.165) is 0 Å². The summed E-state index contributed by atoms with van der Waals surface area (Å²) in [5, 5.41) is 8.60. The smallest absolute Gasteiger partial charge is 0.303 e. The Balaban J connectivity index is 2.54. The van der Waals surface area contributed by atoms with Gasteiger partial charge in [0.2, 0.25) is 0 Å². The predicted molar refractivity (Wildman–Crippen MR) is 60.7 cm³/mol. The Morgan fingerprint density at radius 2 is 2.29 bits per heavy atom. The minimum atomic E-state index is -0.949. The van der Waals surface area contributed by atoms with Crippen LogP contribution in [0, 0.1) is 0 Å². The molecule has 0 atom stereocenters. The molecule has 0 aliphatic heterocycles. The van der Waals surface area contributed by atoms with Gasteiger partial charge in [0, 0.05) is 19.7 Å². The second-order valence-corrected chi connectivity index (χ2v) is 3.66. The molecule has 0 amide bonds. The van der Waals surface area contributed by atoms with E-state index in [0.29, 0.717) is 11.2 Å². The summed E-state index contributed by atoms with van der Waals surface area (Å²) in [6.45, 7) is 0. The number of pyridine rings is 1. The van der Waals surface area contributed by atoms with E-state index in [4.69, 9.17) is 5.11 Å². The number of aromatic nitrogens is 3. The van der Waals surface area contributed by atoms with E-state index in [-0.39, 0.29) is 24.1 Å². The molecule has 6 heteroatoms. The average molecular weight is 233 g/mol. The molecule has 0 spiro atoms. The molecule has 0 saturated carbocycles. The molecule has 6 nitrogen and oxygen atoms in total. The van der Waals surface area contributed by atoms with E-state index in [1.165, 1.54) is 4.57 Å². The van der Waals surface area contributed by atoms with Crippen LogP contribution in [0.25, 0.3) is 11.2 Å². The Bertz CT molecular complexity index is 633. The lowest BCUT2D eigenvalue weighted by molar-refractivity contribution is -0.136. The van der Waals surface area contributed by atoms with Crippen molar-refractivity contribution in [2.75, 3.05) is 0 Å². The van der Waals surface area contributed by atoms with Crippen LogP contribution >= 0.6 is 0 Å². The Morgan fingerprint density at radius 3 is 3.00 bits per heavy atom. The minimum Gasteiger partial charge on any atom is -0.481 e. The summed E-state index contributed by atoms with van der Waals surface area (Å²) in [4.78, 5) is 30.5. The molecule has 2 aromatic heterocycles. The maximum Gasteiger partial charge on any atom is 0.303 e. The predicted octanol–water partition coefficient (Wildman–Crippen LogP) is 0.346. The monoisotopic (exact) mass is 233 g/mol. The van der Waals surface area contributed by atoms with Crippen molar-refractivity contribution in [2.45, 2.75) is 12.8 Å². The van der Waals surface area contributed by atoms with E-state index >= 15 is 0 Å². The van der Waals surface area contributed by atoms with Crippen LogP contribution in [0.15, 0.2) is 23.1 Å². The van der Waals surface area contributed by atoms with Gasteiger partial charge in [-0.3, -0.25) is 9.59 Å². The second-order valence-electron chi connectivity index (χ2n) is 3.66. The lowest BCUT2D eigenvalue weighted by atomic mass is 10.2. The molecule has 0 bridgehead atoms. The number of carbonyl (C=O) groups is 1. The number of carboxylic acid groups (broad SMARTS) is 1. The Hall–Kier alpha value is -2.24. The zero-order chi connectivity index (χ0) is 12.4. The molecule has 1 N–H and O–H groups in total. The number of hydrogen-bond acceptors (Lipinski definition) is 4. The molecule has 17 heavy (non-hydrogen) atoms. The Labute approximate surface area is 96.6 Å². The highest BCUT2D eigenvalue weighted by molar-refractivity contribution is 5.70. The first kappa shape index (κ1) is 11.3. The van der Waals surface area contributed by atoms with Crippen LogP contribution in [0.4, 0.5) is 0 Å². The number of nitrogens with zero attached hydrogens (tertiary/aromatic N) is 3. The SMILES string of the molecule is Cn1c(=O)c(CCC(=O)O)nc2ncccc21. The highest BCUT2D eigenvalue weighted by Crippen LogP contribution is 2.06. The molecule has 0 aromatic carbocycles. The summed E-state index contributed by atoms with van der Waals surface area (Å²) in [5.41, 5.74) is 1.06. The average Bonchev–Trinajstić information content (AvgIpc) is 2.32. The van der Waals surface area contributed by atoms with E-state index in [1.54, 1.807) is 25.4 Å². The maximum absolute atomic E-state index is 11.9. The fourth-order valence-corrected chi connectivity index (χ4v) is 1.60. The molecule has 0 unspecified atom stereocenters. The van der Waals surface area contributed by atoms with Crippen LogP contribution in [0.1, 0.15) is 12.1 Å². The van der Waals surface area contributed by atoms with Crippen molar-refractivity contribution in [1.82, 2.24) is 14.5 Å². The summed E-state index contributed by atoms with van der Waals surface area (Å²) in [7, 11) is 1.62. The van der Waals surface area contributed by atoms with Gasteiger partial charge in [0.1, 0.15) is 5.69 Å². The number of fused-ring (bicyclic) bond motifs is 1. The normalized spacial score (nSPS) is 10.6. The summed E-state index contributed by atoms with van der Waals surface area (Å²) < 4.78 is 1.44. The quantitative estimate of drug-likeness (QED) is 0.826. The van der Waals surface area contributed by atoms with Crippen molar-refractivity contribution < 1.29 is 9.90 Å². The van der Waals surface area contributed by atoms with Gasteiger partial charge in [-0.2, -0.15) is 0 Å². The molecule has 88 valence electrons. The van der Waals surface area contributed by atoms with Gasteiger partial charge in [-0.05, 0) is 12.1 Å². The lowest BCUT2D eigenvalue weighted by Gasteiger charge is -2.05. The summed E-state index contributed by atoms with van der Waals surface area (Å²) in [5.74, 6) is -0.949. The topological polar surface area (TPSA) is 85.1 Å². The molecule has 2 rings (SSSR count). The molecule has 2 aromatic rings.